The third-order valence-corrected chi connectivity index (χ3v) is 4.05. The van der Waals surface area contributed by atoms with Gasteiger partial charge in [0.25, 0.3) is 0 Å². The summed E-state index contributed by atoms with van der Waals surface area (Å²) in [5.74, 6) is -2.70. The number of H-pyrrole nitrogens is 1. The normalized spacial score (nSPS) is 16.8. The first-order chi connectivity index (χ1) is 11.4. The predicted octanol–water partition coefficient (Wildman–Crippen LogP) is 2.35. The van der Waals surface area contributed by atoms with Crippen LogP contribution in [-0.4, -0.2) is 45.0 Å². The Morgan fingerprint density at radius 2 is 2.21 bits per heavy atom. The molecule has 2 aromatic rings. The summed E-state index contributed by atoms with van der Waals surface area (Å²) in [5.41, 5.74) is 1.22. The lowest BCUT2D eigenvalue weighted by Crippen LogP contribution is -2.41. The molecule has 1 aliphatic carbocycles. The first-order valence-corrected chi connectivity index (χ1v) is 7.75. The molecule has 1 saturated carbocycles. The van der Waals surface area contributed by atoms with Gasteiger partial charge in [0.15, 0.2) is 0 Å². The number of aromatic amines is 1. The highest BCUT2D eigenvalue weighted by Gasteiger charge is 2.44. The summed E-state index contributed by atoms with van der Waals surface area (Å²) >= 11 is 0. The van der Waals surface area contributed by atoms with E-state index in [1.54, 1.807) is 6.20 Å². The standard InChI is InChI=1S/C16H18F2N4O2/c17-16(18)6-10(7-16)8-19-3-2-14-21-9-13(22-14)12-5-11(15(23)24)1-4-20-12/h1,4-5,9-10,19H,2-3,6-8H2,(H,21,22)(H,23,24). The van der Waals surface area contributed by atoms with Gasteiger partial charge in [0, 0.05) is 38.2 Å². The zero-order chi connectivity index (χ0) is 17.2. The summed E-state index contributed by atoms with van der Waals surface area (Å²) in [5, 5.41) is 12.2. The molecule has 0 aromatic carbocycles. The van der Waals surface area contributed by atoms with Gasteiger partial charge in [-0.2, -0.15) is 0 Å². The van der Waals surface area contributed by atoms with E-state index >= 15 is 0 Å². The molecule has 24 heavy (non-hydrogen) atoms. The molecule has 3 N–H and O–H groups in total. The Kier molecular flexibility index (Phi) is 4.57. The second-order valence-electron chi connectivity index (χ2n) is 6.05. The van der Waals surface area contributed by atoms with E-state index in [9.17, 15) is 13.6 Å². The molecular formula is C16H18F2N4O2. The first-order valence-electron chi connectivity index (χ1n) is 7.75. The number of carbonyl (C=O) groups is 1. The Hall–Kier alpha value is -2.35. The van der Waals surface area contributed by atoms with Gasteiger partial charge >= 0.3 is 5.97 Å². The molecule has 0 unspecified atom stereocenters. The van der Waals surface area contributed by atoms with Crippen LogP contribution in [0.1, 0.15) is 29.0 Å². The van der Waals surface area contributed by atoms with Crippen molar-refractivity contribution < 1.29 is 18.7 Å². The summed E-state index contributed by atoms with van der Waals surface area (Å²) in [6.45, 7) is 1.23. The van der Waals surface area contributed by atoms with E-state index in [2.05, 4.69) is 20.3 Å². The highest BCUT2D eigenvalue weighted by atomic mass is 19.3. The van der Waals surface area contributed by atoms with Crippen molar-refractivity contribution in [3.8, 4) is 11.4 Å². The topological polar surface area (TPSA) is 90.9 Å². The van der Waals surface area contributed by atoms with E-state index < -0.39 is 11.9 Å². The van der Waals surface area contributed by atoms with Crippen LogP contribution in [-0.2, 0) is 6.42 Å². The number of nitrogens with one attached hydrogen (secondary N) is 2. The van der Waals surface area contributed by atoms with Gasteiger partial charge in [-0.1, -0.05) is 0 Å². The maximum absolute atomic E-state index is 12.7. The summed E-state index contributed by atoms with van der Waals surface area (Å²) < 4.78 is 25.4. The summed E-state index contributed by atoms with van der Waals surface area (Å²) in [6, 6.07) is 2.89. The molecule has 1 aliphatic rings. The average molecular weight is 336 g/mol. The van der Waals surface area contributed by atoms with E-state index in [0.717, 1.165) is 5.82 Å². The third-order valence-electron chi connectivity index (χ3n) is 4.05. The van der Waals surface area contributed by atoms with E-state index in [1.165, 1.54) is 18.3 Å². The van der Waals surface area contributed by atoms with E-state index in [0.29, 0.717) is 30.9 Å². The number of aromatic carboxylic acids is 1. The zero-order valence-corrected chi connectivity index (χ0v) is 12.9. The van der Waals surface area contributed by atoms with Crippen molar-refractivity contribution in [2.45, 2.75) is 25.2 Å². The minimum atomic E-state index is -2.47. The van der Waals surface area contributed by atoms with Crippen molar-refractivity contribution in [1.82, 2.24) is 20.3 Å². The van der Waals surface area contributed by atoms with Gasteiger partial charge < -0.3 is 15.4 Å². The number of halogens is 2. The van der Waals surface area contributed by atoms with Crippen LogP contribution in [0.2, 0.25) is 0 Å². The summed E-state index contributed by atoms with van der Waals surface area (Å²) in [6.07, 6.45) is 3.67. The lowest BCUT2D eigenvalue weighted by atomic mass is 9.81. The minimum absolute atomic E-state index is 0.0313. The SMILES string of the molecule is O=C(O)c1ccnc(-c2c[nH]c(CCNCC3CC(F)(F)C3)n2)c1. The number of pyridine rings is 1. The molecule has 0 amide bonds. The van der Waals surface area contributed by atoms with Crippen LogP contribution in [0.3, 0.4) is 0 Å². The maximum atomic E-state index is 12.7. The molecule has 2 heterocycles. The zero-order valence-electron chi connectivity index (χ0n) is 12.9. The van der Waals surface area contributed by atoms with Crippen molar-refractivity contribution >= 4 is 5.97 Å². The fraction of sp³-hybridized carbons (Fsp3) is 0.438. The van der Waals surface area contributed by atoms with Gasteiger partial charge in [-0.25, -0.2) is 18.6 Å². The lowest BCUT2D eigenvalue weighted by Gasteiger charge is -2.34. The van der Waals surface area contributed by atoms with Crippen molar-refractivity contribution in [2.24, 2.45) is 5.92 Å². The van der Waals surface area contributed by atoms with Gasteiger partial charge in [-0.15, -0.1) is 0 Å². The molecule has 3 rings (SSSR count). The quantitative estimate of drug-likeness (QED) is 0.675. The Labute approximate surface area is 137 Å². The molecule has 6 nitrogen and oxygen atoms in total. The molecule has 0 aliphatic heterocycles. The maximum Gasteiger partial charge on any atom is 0.335 e. The molecule has 0 spiro atoms. The number of rotatable bonds is 7. The highest BCUT2D eigenvalue weighted by Crippen LogP contribution is 2.41. The van der Waals surface area contributed by atoms with Crippen molar-refractivity contribution in [3.05, 3.63) is 35.9 Å². The number of hydrogen-bond donors (Lipinski definition) is 3. The number of carboxylic acids is 1. The second kappa shape index (κ2) is 6.64. The molecular weight excluding hydrogens is 318 g/mol. The number of alkyl halides is 2. The van der Waals surface area contributed by atoms with Gasteiger partial charge in [0.05, 0.1) is 11.3 Å². The average Bonchev–Trinajstić information content (AvgIpc) is 2.98. The van der Waals surface area contributed by atoms with E-state index in [-0.39, 0.29) is 24.3 Å². The largest absolute Gasteiger partial charge is 0.478 e. The number of carboxylic acid groups (broad SMARTS) is 1. The van der Waals surface area contributed by atoms with Crippen molar-refractivity contribution in [2.75, 3.05) is 13.1 Å². The predicted molar refractivity (Wildman–Crippen MR) is 83.0 cm³/mol. The Bertz CT molecular complexity index is 724. The monoisotopic (exact) mass is 336 g/mol. The van der Waals surface area contributed by atoms with Crippen LogP contribution in [0.15, 0.2) is 24.5 Å². The Morgan fingerprint density at radius 1 is 1.42 bits per heavy atom. The summed E-state index contributed by atoms with van der Waals surface area (Å²) in [7, 11) is 0. The van der Waals surface area contributed by atoms with Crippen LogP contribution in [0.5, 0.6) is 0 Å². The Balaban J connectivity index is 1.49. The van der Waals surface area contributed by atoms with Gasteiger partial charge in [0.1, 0.15) is 11.5 Å². The lowest BCUT2D eigenvalue weighted by molar-refractivity contribution is -0.109. The van der Waals surface area contributed by atoms with Crippen LogP contribution in [0.25, 0.3) is 11.4 Å². The molecule has 1 fully saturated rings. The van der Waals surface area contributed by atoms with Crippen LogP contribution >= 0.6 is 0 Å². The van der Waals surface area contributed by atoms with Gasteiger partial charge in [-0.05, 0) is 24.6 Å². The Morgan fingerprint density at radius 3 is 2.92 bits per heavy atom. The van der Waals surface area contributed by atoms with E-state index in [4.69, 9.17) is 5.11 Å². The number of aromatic nitrogens is 3. The van der Waals surface area contributed by atoms with Crippen molar-refractivity contribution in [3.63, 3.8) is 0 Å². The van der Waals surface area contributed by atoms with Gasteiger partial charge in [-0.3, -0.25) is 4.98 Å². The van der Waals surface area contributed by atoms with Crippen LogP contribution < -0.4 is 5.32 Å². The molecule has 8 heteroatoms. The molecule has 128 valence electrons. The highest BCUT2D eigenvalue weighted by molar-refractivity contribution is 5.88. The number of nitrogens with zero attached hydrogens (tertiary/aromatic N) is 2. The van der Waals surface area contributed by atoms with Crippen molar-refractivity contribution in [1.29, 1.82) is 0 Å². The summed E-state index contributed by atoms with van der Waals surface area (Å²) in [4.78, 5) is 22.5. The van der Waals surface area contributed by atoms with Crippen LogP contribution in [0.4, 0.5) is 8.78 Å². The minimum Gasteiger partial charge on any atom is -0.478 e. The second-order valence-corrected chi connectivity index (χ2v) is 6.05. The number of hydrogen-bond acceptors (Lipinski definition) is 4. The molecule has 0 saturated heterocycles. The molecule has 2 aromatic heterocycles. The third kappa shape index (κ3) is 3.94. The molecule has 0 atom stereocenters. The first kappa shape index (κ1) is 16.5. The van der Waals surface area contributed by atoms with E-state index in [1.807, 2.05) is 0 Å². The fourth-order valence-corrected chi connectivity index (χ4v) is 2.77. The smallest absolute Gasteiger partial charge is 0.335 e. The molecule has 0 radical (unpaired) electrons. The van der Waals surface area contributed by atoms with Crippen LogP contribution in [0, 0.1) is 5.92 Å². The van der Waals surface area contributed by atoms with Gasteiger partial charge in [0.2, 0.25) is 5.92 Å². The number of imidazole rings is 1. The molecule has 0 bridgehead atoms. The fourth-order valence-electron chi connectivity index (χ4n) is 2.77.